The molecule has 6 nitrogen and oxygen atoms in total. The summed E-state index contributed by atoms with van der Waals surface area (Å²) in [7, 11) is 1.46. The van der Waals surface area contributed by atoms with Gasteiger partial charge in [-0.25, -0.2) is 0 Å². The molecule has 1 aromatic heterocycles. The predicted octanol–water partition coefficient (Wildman–Crippen LogP) is 5.50. The highest BCUT2D eigenvalue weighted by Crippen LogP contribution is 2.28. The summed E-state index contributed by atoms with van der Waals surface area (Å²) in [6.45, 7) is 0. The van der Waals surface area contributed by atoms with Gasteiger partial charge in [0, 0.05) is 27.9 Å². The molecule has 0 bridgehead atoms. The highest BCUT2D eigenvalue weighted by Gasteiger charge is 2.13. The van der Waals surface area contributed by atoms with E-state index in [1.165, 1.54) is 19.4 Å². The molecule has 0 aliphatic heterocycles. The minimum Gasteiger partial charge on any atom is -0.494 e. The van der Waals surface area contributed by atoms with Crippen LogP contribution in [-0.4, -0.2) is 18.9 Å². The van der Waals surface area contributed by atoms with E-state index in [0.717, 1.165) is 0 Å². The molecule has 0 spiro atoms. The first kappa shape index (κ1) is 20.5. The van der Waals surface area contributed by atoms with Crippen molar-refractivity contribution in [1.29, 1.82) is 0 Å². The van der Waals surface area contributed by atoms with E-state index in [4.69, 9.17) is 32.4 Å². The van der Waals surface area contributed by atoms with Crippen LogP contribution in [0.3, 0.4) is 0 Å². The summed E-state index contributed by atoms with van der Waals surface area (Å²) in [4.78, 5) is 24.3. The van der Waals surface area contributed by atoms with Gasteiger partial charge < -0.3 is 19.8 Å². The van der Waals surface area contributed by atoms with Gasteiger partial charge in [-0.2, -0.15) is 0 Å². The molecule has 0 fully saturated rings. The van der Waals surface area contributed by atoms with E-state index in [1.807, 2.05) is 0 Å². The van der Waals surface area contributed by atoms with Crippen LogP contribution in [0.25, 0.3) is 6.08 Å². The number of hydrogen-bond acceptors (Lipinski definition) is 4. The van der Waals surface area contributed by atoms with Gasteiger partial charge >= 0.3 is 0 Å². The van der Waals surface area contributed by atoms with E-state index >= 15 is 0 Å². The first-order chi connectivity index (χ1) is 14.0. The van der Waals surface area contributed by atoms with Gasteiger partial charge in [0.05, 0.1) is 19.1 Å². The number of carbonyl (C=O) groups excluding carboxylic acids is 2. The first-order valence-electron chi connectivity index (χ1n) is 8.43. The Morgan fingerprint density at radius 2 is 1.90 bits per heavy atom. The SMILES string of the molecule is COc1cc(NC(=O)/C=C\c2ccc(Cl)cc2Cl)ccc1NC(=O)c1ccco1. The van der Waals surface area contributed by atoms with Gasteiger partial charge in [-0.1, -0.05) is 29.3 Å². The molecule has 0 saturated carbocycles. The van der Waals surface area contributed by atoms with Crippen LogP contribution in [0.4, 0.5) is 11.4 Å². The molecule has 148 valence electrons. The summed E-state index contributed by atoms with van der Waals surface area (Å²) in [6.07, 6.45) is 4.35. The zero-order valence-electron chi connectivity index (χ0n) is 15.2. The summed E-state index contributed by atoms with van der Waals surface area (Å²) in [5, 5.41) is 6.37. The Bertz CT molecular complexity index is 1060. The molecular formula is C21H16Cl2N2O4. The van der Waals surface area contributed by atoms with Crippen LogP contribution < -0.4 is 15.4 Å². The Labute approximate surface area is 177 Å². The van der Waals surface area contributed by atoms with Gasteiger partial charge in [0.1, 0.15) is 5.75 Å². The maximum absolute atomic E-state index is 12.2. The van der Waals surface area contributed by atoms with Crippen molar-refractivity contribution in [1.82, 2.24) is 0 Å². The highest BCUT2D eigenvalue weighted by atomic mass is 35.5. The second kappa shape index (κ2) is 9.32. The number of methoxy groups -OCH3 is 1. The second-order valence-corrected chi connectivity index (χ2v) is 6.68. The van der Waals surface area contributed by atoms with Gasteiger partial charge in [0.2, 0.25) is 5.91 Å². The number of rotatable bonds is 6. The van der Waals surface area contributed by atoms with Gasteiger partial charge in [-0.3, -0.25) is 9.59 Å². The van der Waals surface area contributed by atoms with Gasteiger partial charge in [-0.05, 0) is 48.0 Å². The van der Waals surface area contributed by atoms with Crippen LogP contribution in [0.5, 0.6) is 5.75 Å². The van der Waals surface area contributed by atoms with Crippen molar-refractivity contribution in [2.75, 3.05) is 17.7 Å². The molecule has 0 unspecified atom stereocenters. The molecule has 3 rings (SSSR count). The fourth-order valence-electron chi connectivity index (χ4n) is 2.45. The second-order valence-electron chi connectivity index (χ2n) is 5.83. The van der Waals surface area contributed by atoms with Crippen molar-refractivity contribution >= 4 is 52.5 Å². The van der Waals surface area contributed by atoms with Crippen LogP contribution in [0.15, 0.2) is 65.3 Å². The number of carbonyl (C=O) groups is 2. The number of hydrogen-bond donors (Lipinski definition) is 2. The Morgan fingerprint density at radius 1 is 1.07 bits per heavy atom. The maximum Gasteiger partial charge on any atom is 0.291 e. The van der Waals surface area contributed by atoms with E-state index in [1.54, 1.807) is 54.6 Å². The fraction of sp³-hybridized carbons (Fsp3) is 0.0476. The lowest BCUT2D eigenvalue weighted by Gasteiger charge is -2.11. The van der Waals surface area contributed by atoms with Crippen molar-refractivity contribution in [3.63, 3.8) is 0 Å². The maximum atomic E-state index is 12.2. The summed E-state index contributed by atoms with van der Waals surface area (Å²) in [6, 6.07) is 13.0. The van der Waals surface area contributed by atoms with Crippen molar-refractivity contribution in [3.05, 3.63) is 82.2 Å². The average Bonchev–Trinajstić information content (AvgIpc) is 3.23. The van der Waals surface area contributed by atoms with Crippen LogP contribution in [0.1, 0.15) is 16.1 Å². The van der Waals surface area contributed by atoms with Gasteiger partial charge in [0.15, 0.2) is 5.76 Å². The quantitative estimate of drug-likeness (QED) is 0.505. The predicted molar refractivity (Wildman–Crippen MR) is 114 cm³/mol. The zero-order valence-corrected chi connectivity index (χ0v) is 16.8. The lowest BCUT2D eigenvalue weighted by Crippen LogP contribution is -2.12. The summed E-state index contributed by atoms with van der Waals surface area (Å²) >= 11 is 11.9. The van der Waals surface area contributed by atoms with Crippen LogP contribution >= 0.6 is 23.2 Å². The molecule has 29 heavy (non-hydrogen) atoms. The molecule has 3 aromatic rings. The molecule has 0 aliphatic rings. The first-order valence-corrected chi connectivity index (χ1v) is 9.19. The monoisotopic (exact) mass is 430 g/mol. The number of nitrogens with one attached hydrogen (secondary N) is 2. The summed E-state index contributed by atoms with van der Waals surface area (Å²) in [5.74, 6) is -0.207. The Morgan fingerprint density at radius 3 is 2.59 bits per heavy atom. The van der Waals surface area contributed by atoms with Crippen molar-refractivity contribution in [2.45, 2.75) is 0 Å². The van der Waals surface area contributed by atoms with Crippen LogP contribution in [-0.2, 0) is 4.79 Å². The van der Waals surface area contributed by atoms with Crippen LogP contribution in [0, 0.1) is 0 Å². The van der Waals surface area contributed by atoms with Crippen molar-refractivity contribution in [2.24, 2.45) is 0 Å². The Balaban J connectivity index is 1.68. The number of furan rings is 1. The minimum atomic E-state index is -0.409. The van der Waals surface area contributed by atoms with E-state index in [0.29, 0.717) is 32.7 Å². The molecule has 0 aliphatic carbocycles. The zero-order chi connectivity index (χ0) is 20.8. The molecule has 2 aromatic carbocycles. The van der Waals surface area contributed by atoms with Crippen molar-refractivity contribution in [3.8, 4) is 5.75 Å². The number of amides is 2. The lowest BCUT2D eigenvalue weighted by molar-refractivity contribution is -0.111. The smallest absolute Gasteiger partial charge is 0.291 e. The Kier molecular flexibility index (Phi) is 6.59. The summed E-state index contributed by atoms with van der Waals surface area (Å²) in [5.41, 5.74) is 1.60. The van der Waals surface area contributed by atoms with E-state index < -0.39 is 5.91 Å². The number of ether oxygens (including phenoxy) is 1. The molecule has 2 amide bonds. The molecule has 0 atom stereocenters. The molecular weight excluding hydrogens is 415 g/mol. The normalized spacial score (nSPS) is 10.7. The number of anilines is 2. The average molecular weight is 431 g/mol. The molecule has 1 heterocycles. The third-order valence-electron chi connectivity index (χ3n) is 3.84. The van der Waals surface area contributed by atoms with E-state index in [9.17, 15) is 9.59 Å². The third kappa shape index (κ3) is 5.40. The standard InChI is InChI=1S/C21H16Cl2N2O4/c1-28-19-12-15(7-8-17(19)25-21(27)18-3-2-10-29-18)24-20(26)9-5-13-4-6-14(22)11-16(13)23/h2-12H,1H3,(H,24,26)(H,25,27)/b9-5-. The summed E-state index contributed by atoms with van der Waals surface area (Å²) < 4.78 is 10.4. The fourth-order valence-corrected chi connectivity index (χ4v) is 2.92. The minimum absolute atomic E-state index is 0.176. The Hall–Kier alpha value is -3.22. The molecule has 0 radical (unpaired) electrons. The number of benzene rings is 2. The lowest BCUT2D eigenvalue weighted by atomic mass is 10.2. The van der Waals surface area contributed by atoms with Crippen molar-refractivity contribution < 1.29 is 18.7 Å². The van der Waals surface area contributed by atoms with E-state index in [-0.39, 0.29) is 11.7 Å². The topological polar surface area (TPSA) is 80.6 Å². The highest BCUT2D eigenvalue weighted by molar-refractivity contribution is 6.35. The van der Waals surface area contributed by atoms with Crippen LogP contribution in [0.2, 0.25) is 10.0 Å². The van der Waals surface area contributed by atoms with E-state index in [2.05, 4.69) is 10.6 Å². The molecule has 8 heteroatoms. The molecule has 2 N–H and O–H groups in total. The largest absolute Gasteiger partial charge is 0.494 e. The third-order valence-corrected chi connectivity index (χ3v) is 4.40. The van der Waals surface area contributed by atoms with Gasteiger partial charge in [0.25, 0.3) is 5.91 Å². The van der Waals surface area contributed by atoms with Gasteiger partial charge in [-0.15, -0.1) is 0 Å². The number of halogens is 2. The molecule has 0 saturated heterocycles.